The Morgan fingerprint density at radius 3 is 2.14 bits per heavy atom. The van der Waals surface area contributed by atoms with E-state index in [1.165, 1.54) is 22.5 Å². The Morgan fingerprint density at radius 2 is 1.55 bits per heavy atom. The van der Waals surface area contributed by atoms with Crippen molar-refractivity contribution in [3.63, 3.8) is 0 Å². The number of hydrogen-bond acceptors (Lipinski definition) is 16. The van der Waals surface area contributed by atoms with Gasteiger partial charge < -0.3 is 60.3 Å². The van der Waals surface area contributed by atoms with Crippen molar-refractivity contribution in [3.05, 3.63) is 59.1 Å². The van der Waals surface area contributed by atoms with Crippen molar-refractivity contribution in [1.82, 2.24) is 25.2 Å². The number of phosphoric acid groups is 3. The first-order valence-corrected chi connectivity index (χ1v) is 23.8. The quantitative estimate of drug-likeness (QED) is 0.0244. The summed E-state index contributed by atoms with van der Waals surface area (Å²) in [5, 5.41) is 18.5. The highest BCUT2D eigenvalue weighted by Gasteiger charge is 2.51. The van der Waals surface area contributed by atoms with Crippen molar-refractivity contribution in [1.29, 1.82) is 0 Å². The molecule has 26 nitrogen and oxygen atoms in total. The molecule has 348 valence electrons. The van der Waals surface area contributed by atoms with Gasteiger partial charge in [0.2, 0.25) is 28.7 Å². The molecule has 0 bridgehead atoms. The number of aliphatic hydroxyl groups is 1. The number of H-pyrrole nitrogens is 1. The monoisotopic (exact) mass is 958 g/mol. The maximum absolute atomic E-state index is 13.1. The van der Waals surface area contributed by atoms with Gasteiger partial charge in [0.05, 0.1) is 13.7 Å². The van der Waals surface area contributed by atoms with Crippen LogP contribution >= 0.6 is 23.5 Å². The second kappa shape index (κ2) is 19.2. The summed E-state index contributed by atoms with van der Waals surface area (Å²) in [6.45, 7) is -0.733. The number of alkyl carbamates (subject to hydrolysis) is 1. The summed E-state index contributed by atoms with van der Waals surface area (Å²) in [4.78, 5) is 86.3. The van der Waals surface area contributed by atoms with E-state index in [1.54, 1.807) is 0 Å². The van der Waals surface area contributed by atoms with Gasteiger partial charge in [0.25, 0.3) is 11.5 Å². The summed E-state index contributed by atoms with van der Waals surface area (Å²) in [6, 6.07) is 14.6. The number of nitrogens with two attached hydrogens (primary N) is 1. The summed E-state index contributed by atoms with van der Waals surface area (Å²) in [5.74, 6) is -0.591. The Labute approximate surface area is 363 Å². The van der Waals surface area contributed by atoms with Gasteiger partial charge in [-0.25, -0.2) is 23.1 Å². The van der Waals surface area contributed by atoms with E-state index in [0.29, 0.717) is 13.0 Å². The molecule has 4 heterocycles. The van der Waals surface area contributed by atoms with Crippen LogP contribution in [0.3, 0.4) is 0 Å². The minimum atomic E-state index is -5.87. The van der Waals surface area contributed by atoms with E-state index >= 15 is 0 Å². The number of aliphatic hydroxyl groups excluding tert-OH is 1. The lowest BCUT2D eigenvalue weighted by molar-refractivity contribution is -0.745. The number of nitrogen functional groups attached to an aromatic ring is 1. The molecule has 0 saturated carbocycles. The van der Waals surface area contributed by atoms with E-state index in [4.69, 9.17) is 25.0 Å². The van der Waals surface area contributed by atoms with Gasteiger partial charge in [0.1, 0.15) is 18.8 Å². The lowest BCUT2D eigenvalue weighted by atomic mass is 10.1. The van der Waals surface area contributed by atoms with Crippen molar-refractivity contribution in [2.45, 2.75) is 43.9 Å². The SMILES string of the molecule is CN(C)c1ccc2cc3ccc(N(C)C)cc3[n+](CCCC(=O)NCCNC(=O)O[C@@H]3[C@H](O)[C@@H](COP(=O)(O)OP(=O)(O)OP(=O)(O)O)O[C@H]3[n+]3cn(C)c4c(=O)[nH]c(N)nc43)c2c1. The molecule has 0 spiro atoms. The fourth-order valence-corrected chi connectivity index (χ4v) is 10.1. The van der Waals surface area contributed by atoms with E-state index in [0.717, 1.165) is 33.2 Å². The zero-order chi connectivity index (χ0) is 46.9. The number of phosphoric ester groups is 1. The summed E-state index contributed by atoms with van der Waals surface area (Å²) >= 11 is 0. The number of rotatable bonds is 18. The Kier molecular flexibility index (Phi) is 14.5. The molecule has 1 saturated heterocycles. The Hall–Kier alpha value is -5.07. The third-order valence-corrected chi connectivity index (χ3v) is 13.7. The predicted octanol–water partition coefficient (Wildman–Crippen LogP) is 0.150. The van der Waals surface area contributed by atoms with Crippen LogP contribution in [0, 0.1) is 0 Å². The second-order valence-electron chi connectivity index (χ2n) is 15.0. The van der Waals surface area contributed by atoms with Gasteiger partial charge in [-0.1, -0.05) is 4.98 Å². The number of amides is 2. The highest BCUT2D eigenvalue weighted by Crippen LogP contribution is 2.66. The Morgan fingerprint density at radius 1 is 0.938 bits per heavy atom. The van der Waals surface area contributed by atoms with Gasteiger partial charge >= 0.3 is 35.2 Å². The topological polar surface area (TPSA) is 348 Å². The Bertz CT molecular complexity index is 2720. The second-order valence-corrected chi connectivity index (χ2v) is 19.4. The number of fused-ring (bicyclic) bond motifs is 3. The zero-order valence-corrected chi connectivity index (χ0v) is 37.7. The van der Waals surface area contributed by atoms with Crippen LogP contribution in [0.15, 0.2) is 53.6 Å². The van der Waals surface area contributed by atoms with Gasteiger partial charge in [-0.2, -0.15) is 13.2 Å². The number of aryl methyl sites for hydroxylation is 2. The van der Waals surface area contributed by atoms with Crippen molar-refractivity contribution >= 4 is 85.8 Å². The lowest BCUT2D eigenvalue weighted by Gasteiger charge is -2.20. The number of carbonyl (C=O) groups excluding carboxylic acids is 2. The highest BCUT2D eigenvalue weighted by atomic mass is 31.3. The number of benzene rings is 2. The van der Waals surface area contributed by atoms with Gasteiger partial charge in [0, 0.05) is 88.4 Å². The molecule has 2 aromatic carbocycles. The summed E-state index contributed by atoms with van der Waals surface area (Å²) in [5.41, 5.74) is 9.04. The maximum Gasteiger partial charge on any atom is 0.490 e. The summed E-state index contributed by atoms with van der Waals surface area (Å²) in [6.07, 6.45) is -5.94. The molecular weight excluding hydrogens is 909 g/mol. The number of ether oxygens (including phenoxy) is 2. The van der Waals surface area contributed by atoms with Crippen LogP contribution < -0.4 is 40.9 Å². The number of imidazole rings is 1. The van der Waals surface area contributed by atoms with Gasteiger partial charge in [-0.3, -0.25) is 23.7 Å². The van der Waals surface area contributed by atoms with Crippen LogP contribution in [0.25, 0.3) is 33.0 Å². The fourth-order valence-electron chi connectivity index (χ4n) is 7.02. The first-order valence-electron chi connectivity index (χ1n) is 19.3. The largest absolute Gasteiger partial charge is 0.490 e. The van der Waals surface area contributed by atoms with Crippen LogP contribution in [0.2, 0.25) is 0 Å². The number of nitrogens with one attached hydrogen (secondary N) is 3. The first kappa shape index (κ1) is 48.4. The number of nitrogens with zero attached hydrogens (tertiary/aromatic N) is 6. The molecular formula is C35H49N10O16P3+2. The predicted molar refractivity (Wildman–Crippen MR) is 226 cm³/mol. The van der Waals surface area contributed by atoms with Gasteiger partial charge in [0.15, 0.2) is 12.4 Å². The van der Waals surface area contributed by atoms with Crippen LogP contribution in [0.1, 0.15) is 19.1 Å². The molecule has 6 atom stereocenters. The zero-order valence-electron chi connectivity index (χ0n) is 35.0. The number of pyridine rings is 1. The lowest BCUT2D eigenvalue weighted by Crippen LogP contribution is -2.49. The average molecular weight is 959 g/mol. The number of aromatic amines is 1. The minimum Gasteiger partial charge on any atom is -0.437 e. The van der Waals surface area contributed by atoms with Crippen molar-refractivity contribution in [3.8, 4) is 0 Å². The third-order valence-electron chi connectivity index (χ3n) is 9.89. The van der Waals surface area contributed by atoms with Crippen molar-refractivity contribution in [2.75, 3.05) is 63.4 Å². The van der Waals surface area contributed by atoms with E-state index in [9.17, 15) is 43.0 Å². The van der Waals surface area contributed by atoms with Crippen LogP contribution in [-0.4, -0.2) is 117 Å². The van der Waals surface area contributed by atoms with Gasteiger partial charge in [-0.15, -0.1) is 0 Å². The highest BCUT2D eigenvalue weighted by molar-refractivity contribution is 7.66. The number of anilines is 3. The molecule has 29 heteroatoms. The van der Waals surface area contributed by atoms with Gasteiger partial charge in [-0.05, 0) is 30.3 Å². The average Bonchev–Trinajstić information content (AvgIpc) is 3.67. The molecule has 64 heavy (non-hydrogen) atoms. The molecule has 1 aliphatic heterocycles. The molecule has 10 N–H and O–H groups in total. The normalized spacial score (nSPS) is 19.7. The number of hydrogen-bond donors (Lipinski definition) is 9. The molecule has 1 fully saturated rings. The summed E-state index contributed by atoms with van der Waals surface area (Å²) in [7, 11) is -7.88. The molecule has 1 aliphatic rings. The molecule has 2 unspecified atom stereocenters. The first-order chi connectivity index (χ1) is 29.9. The molecule has 5 aromatic rings. The van der Waals surface area contributed by atoms with Crippen LogP contribution in [0.4, 0.5) is 22.1 Å². The number of carbonyl (C=O) groups is 2. The molecule has 6 rings (SSSR count). The Balaban J connectivity index is 1.09. The fraction of sp³-hybridized carbons (Fsp3) is 0.429. The third kappa shape index (κ3) is 11.6. The minimum absolute atomic E-state index is 0.0173. The molecule has 0 aliphatic carbocycles. The van der Waals surface area contributed by atoms with Crippen molar-refractivity contribution in [2.24, 2.45) is 7.05 Å². The standard InChI is InChI=1S/C35H47N10O16P3/c1-41(2)22-10-8-20-15-21-9-11-23(42(3)4)17-25(21)44(24(20)16-22)14-6-7-27(46)37-12-13-38-35(49)59-30-29(47)26(18-57-63(53,54)61-64(55,56)60-62(50,51)52)58-33(30)45-19-43(5)28-31(45)39-34(36)40-32(28)48/h8-11,15-17,19,26,29-30,33,47H,6-7,12-14,18H2,1-5H3,(H7-2,36,37,38,39,40,46,48,49,50,51,52,53,54,55,56)/p+2/t26-,29-,30-,33-/m1/s1. The van der Waals surface area contributed by atoms with Crippen molar-refractivity contribution < 1.29 is 79.7 Å². The van der Waals surface area contributed by atoms with E-state index in [-0.39, 0.29) is 42.5 Å². The van der Waals surface area contributed by atoms with Crippen LogP contribution in [-0.2, 0) is 54.7 Å². The van der Waals surface area contributed by atoms with E-state index in [2.05, 4.69) is 80.8 Å². The molecule has 2 amide bonds. The smallest absolute Gasteiger partial charge is 0.437 e. The maximum atomic E-state index is 13.1. The molecule has 0 radical (unpaired) electrons. The molecule has 3 aromatic heterocycles. The van der Waals surface area contributed by atoms with E-state index in [1.807, 2.05) is 38.0 Å². The summed E-state index contributed by atoms with van der Waals surface area (Å²) < 4.78 is 63.4. The van der Waals surface area contributed by atoms with Crippen LogP contribution in [0.5, 0.6) is 0 Å². The number of aromatic nitrogens is 5. The van der Waals surface area contributed by atoms with E-state index < -0.39 is 66.3 Å².